The number of hydrogen-bond donors (Lipinski definition) is 1. The third kappa shape index (κ3) is 3.41. The number of ether oxygens (including phenoxy) is 1. The summed E-state index contributed by atoms with van der Waals surface area (Å²) in [6, 6.07) is 12.2. The Hall–Kier alpha value is -2.89. The first kappa shape index (κ1) is 15.5. The van der Waals surface area contributed by atoms with E-state index < -0.39 is 4.92 Å². The molecule has 22 heavy (non-hydrogen) atoms. The second-order valence-electron chi connectivity index (χ2n) is 4.79. The summed E-state index contributed by atoms with van der Waals surface area (Å²) in [5, 5.41) is 15.2. The van der Waals surface area contributed by atoms with Crippen LogP contribution in [-0.2, 0) is 0 Å². The number of anilines is 1. The average molecular weight is 299 g/mol. The summed E-state index contributed by atoms with van der Waals surface area (Å²) in [6.07, 6.45) is 0. The molecule has 0 spiro atoms. The third-order valence-electron chi connectivity index (χ3n) is 3.19. The minimum Gasteiger partial charge on any atom is -0.496 e. The smallest absolute Gasteiger partial charge is 0.294 e. The van der Waals surface area contributed by atoms with Crippen molar-refractivity contribution in [1.29, 1.82) is 0 Å². The first-order chi connectivity index (χ1) is 10.5. The fourth-order valence-electron chi connectivity index (χ4n) is 2.04. The lowest BCUT2D eigenvalue weighted by molar-refractivity contribution is -0.384. The minimum absolute atomic E-state index is 0.0183. The van der Waals surface area contributed by atoms with Gasteiger partial charge in [0.1, 0.15) is 11.4 Å². The van der Waals surface area contributed by atoms with Crippen LogP contribution in [0.3, 0.4) is 0 Å². The van der Waals surface area contributed by atoms with E-state index in [4.69, 9.17) is 4.74 Å². The quantitative estimate of drug-likeness (QED) is 0.518. The number of nitrogens with one attached hydrogen (secondary N) is 1. The van der Waals surface area contributed by atoms with E-state index in [9.17, 15) is 10.1 Å². The lowest BCUT2D eigenvalue weighted by Crippen LogP contribution is -2.04. The zero-order valence-corrected chi connectivity index (χ0v) is 12.7. The molecule has 1 N–H and O–H groups in total. The van der Waals surface area contributed by atoms with Crippen molar-refractivity contribution in [2.75, 3.05) is 12.5 Å². The van der Waals surface area contributed by atoms with Crippen molar-refractivity contribution in [2.45, 2.75) is 13.8 Å². The highest BCUT2D eigenvalue weighted by molar-refractivity contribution is 6.01. The summed E-state index contributed by atoms with van der Waals surface area (Å²) in [7, 11) is 1.59. The number of nitro groups is 1. The van der Waals surface area contributed by atoms with Crippen LogP contribution in [0.2, 0.25) is 0 Å². The van der Waals surface area contributed by atoms with Crippen LogP contribution in [0.5, 0.6) is 5.75 Å². The molecule has 114 valence electrons. The molecule has 0 heterocycles. The second-order valence-corrected chi connectivity index (χ2v) is 4.79. The van der Waals surface area contributed by atoms with Gasteiger partial charge in [-0.05, 0) is 32.0 Å². The highest BCUT2D eigenvalue weighted by atomic mass is 16.6. The van der Waals surface area contributed by atoms with Gasteiger partial charge in [0.05, 0.1) is 17.7 Å². The van der Waals surface area contributed by atoms with Crippen molar-refractivity contribution in [1.82, 2.24) is 0 Å². The van der Waals surface area contributed by atoms with Crippen LogP contribution in [0.1, 0.15) is 18.1 Å². The predicted molar refractivity (Wildman–Crippen MR) is 86.7 cm³/mol. The molecule has 0 aromatic heterocycles. The molecule has 0 saturated carbocycles. The van der Waals surface area contributed by atoms with E-state index in [1.165, 1.54) is 6.07 Å². The zero-order valence-electron chi connectivity index (χ0n) is 12.7. The van der Waals surface area contributed by atoms with Crippen LogP contribution in [0.15, 0.2) is 47.6 Å². The molecule has 2 aromatic rings. The third-order valence-corrected chi connectivity index (χ3v) is 3.19. The zero-order chi connectivity index (χ0) is 16.1. The summed E-state index contributed by atoms with van der Waals surface area (Å²) >= 11 is 0. The standard InChI is InChI=1S/C16H17N3O3/c1-11-8-9-16(22-3)13(10-11)12(2)17-18-14-6-4-5-7-15(14)19(20)21/h4-10,18H,1-3H3/b17-12-. The number of hydrogen-bond acceptors (Lipinski definition) is 5. The van der Waals surface area contributed by atoms with Gasteiger partial charge in [-0.15, -0.1) is 0 Å². The van der Waals surface area contributed by atoms with Gasteiger partial charge in [0.2, 0.25) is 0 Å². The molecule has 6 nitrogen and oxygen atoms in total. The number of nitrogens with zero attached hydrogens (tertiary/aromatic N) is 2. The monoisotopic (exact) mass is 299 g/mol. The van der Waals surface area contributed by atoms with E-state index in [1.54, 1.807) is 25.3 Å². The van der Waals surface area contributed by atoms with Crippen LogP contribution >= 0.6 is 0 Å². The van der Waals surface area contributed by atoms with Crippen LogP contribution in [0.4, 0.5) is 11.4 Å². The van der Waals surface area contributed by atoms with Crippen molar-refractivity contribution < 1.29 is 9.66 Å². The Morgan fingerprint density at radius 3 is 2.68 bits per heavy atom. The van der Waals surface area contributed by atoms with Crippen molar-refractivity contribution >= 4 is 17.1 Å². The van der Waals surface area contributed by atoms with Gasteiger partial charge in [-0.25, -0.2) is 0 Å². The number of para-hydroxylation sites is 2. The fraction of sp³-hybridized carbons (Fsp3) is 0.188. The van der Waals surface area contributed by atoms with Gasteiger partial charge < -0.3 is 4.74 Å². The average Bonchev–Trinajstić information content (AvgIpc) is 2.52. The number of aryl methyl sites for hydroxylation is 1. The van der Waals surface area contributed by atoms with E-state index in [1.807, 2.05) is 32.0 Å². The molecule has 0 fully saturated rings. The van der Waals surface area contributed by atoms with Gasteiger partial charge in [0, 0.05) is 11.6 Å². The summed E-state index contributed by atoms with van der Waals surface area (Å²) < 4.78 is 5.32. The molecule has 2 aromatic carbocycles. The summed E-state index contributed by atoms with van der Waals surface area (Å²) in [6.45, 7) is 3.80. The van der Waals surface area contributed by atoms with Crippen molar-refractivity contribution in [3.63, 3.8) is 0 Å². The maximum Gasteiger partial charge on any atom is 0.294 e. The predicted octanol–water partition coefficient (Wildman–Crippen LogP) is 3.75. The van der Waals surface area contributed by atoms with Crippen molar-refractivity contribution in [3.05, 3.63) is 63.7 Å². The Bertz CT molecular complexity index is 726. The Morgan fingerprint density at radius 1 is 1.27 bits per heavy atom. The van der Waals surface area contributed by atoms with Crippen molar-refractivity contribution in [3.8, 4) is 5.75 Å². The highest BCUT2D eigenvalue weighted by Crippen LogP contribution is 2.24. The first-order valence-corrected chi connectivity index (χ1v) is 6.71. The van der Waals surface area contributed by atoms with Gasteiger partial charge >= 0.3 is 0 Å². The molecule has 0 unspecified atom stereocenters. The van der Waals surface area contributed by atoms with Crippen molar-refractivity contribution in [2.24, 2.45) is 5.10 Å². The van der Waals surface area contributed by atoms with Gasteiger partial charge in [0.15, 0.2) is 0 Å². The van der Waals surface area contributed by atoms with Gasteiger partial charge in [0.25, 0.3) is 5.69 Å². The number of methoxy groups -OCH3 is 1. The van der Waals surface area contributed by atoms with E-state index in [0.29, 0.717) is 17.1 Å². The van der Waals surface area contributed by atoms with Gasteiger partial charge in [-0.3, -0.25) is 15.5 Å². The van der Waals surface area contributed by atoms with E-state index in [2.05, 4.69) is 10.5 Å². The Kier molecular flexibility index (Phi) is 4.73. The molecule has 0 amide bonds. The van der Waals surface area contributed by atoms with Gasteiger partial charge in [-0.2, -0.15) is 5.10 Å². The van der Waals surface area contributed by atoms with E-state index in [-0.39, 0.29) is 5.69 Å². The lowest BCUT2D eigenvalue weighted by Gasteiger charge is -2.09. The Morgan fingerprint density at radius 2 is 2.00 bits per heavy atom. The SMILES string of the molecule is COc1ccc(C)cc1/C(C)=N\Nc1ccccc1[N+](=O)[O-]. The van der Waals surface area contributed by atoms with Crippen LogP contribution in [-0.4, -0.2) is 17.7 Å². The summed E-state index contributed by atoms with van der Waals surface area (Å²) in [5.74, 6) is 0.705. The minimum atomic E-state index is -0.444. The molecular formula is C16H17N3O3. The summed E-state index contributed by atoms with van der Waals surface area (Å²) in [4.78, 5) is 10.5. The van der Waals surface area contributed by atoms with Crippen LogP contribution in [0.25, 0.3) is 0 Å². The molecule has 0 aliphatic rings. The van der Waals surface area contributed by atoms with Crippen LogP contribution < -0.4 is 10.2 Å². The second kappa shape index (κ2) is 6.71. The number of nitro benzene ring substituents is 1. The summed E-state index contributed by atoms with van der Waals surface area (Å²) in [5.41, 5.74) is 5.68. The molecule has 0 saturated heterocycles. The van der Waals surface area contributed by atoms with Crippen LogP contribution in [0, 0.1) is 17.0 Å². The molecule has 0 atom stereocenters. The molecule has 6 heteroatoms. The Balaban J connectivity index is 2.31. The highest BCUT2D eigenvalue weighted by Gasteiger charge is 2.12. The number of rotatable bonds is 5. The Labute approximate surface area is 128 Å². The fourth-order valence-corrected chi connectivity index (χ4v) is 2.04. The maximum absolute atomic E-state index is 11.0. The topological polar surface area (TPSA) is 76.8 Å². The largest absolute Gasteiger partial charge is 0.496 e. The van der Waals surface area contributed by atoms with Gasteiger partial charge in [-0.1, -0.05) is 23.8 Å². The first-order valence-electron chi connectivity index (χ1n) is 6.71. The lowest BCUT2D eigenvalue weighted by atomic mass is 10.1. The molecule has 0 radical (unpaired) electrons. The molecular weight excluding hydrogens is 282 g/mol. The maximum atomic E-state index is 11.0. The molecule has 0 aliphatic carbocycles. The van der Waals surface area contributed by atoms with E-state index >= 15 is 0 Å². The molecule has 0 bridgehead atoms. The molecule has 2 rings (SSSR count). The normalized spacial score (nSPS) is 11.1. The number of benzene rings is 2. The molecule has 0 aliphatic heterocycles. The van der Waals surface area contributed by atoms with E-state index in [0.717, 1.165) is 11.1 Å². The number of hydrazone groups is 1.